The molecule has 4 rings (SSSR count). The molecule has 8 heteroatoms. The SMILES string of the molecule is COc1ccc(NC(=S)NC2CCN(c3nncc4cc(Br)ccc34)CC2)cc1. The molecule has 1 aromatic heterocycles. The van der Waals surface area contributed by atoms with Crippen LogP contribution in [0.3, 0.4) is 0 Å². The normalized spacial score (nSPS) is 14.6. The van der Waals surface area contributed by atoms with Crippen LogP contribution in [-0.2, 0) is 0 Å². The van der Waals surface area contributed by atoms with Crippen molar-refractivity contribution < 1.29 is 4.74 Å². The van der Waals surface area contributed by atoms with Crippen LogP contribution in [0.4, 0.5) is 11.5 Å². The fourth-order valence-corrected chi connectivity index (χ4v) is 4.20. The Morgan fingerprint density at radius 3 is 2.66 bits per heavy atom. The molecule has 1 aliphatic rings. The fraction of sp³-hybridized carbons (Fsp3) is 0.286. The third-order valence-electron chi connectivity index (χ3n) is 5.08. The summed E-state index contributed by atoms with van der Waals surface area (Å²) in [6, 6.07) is 14.3. The highest BCUT2D eigenvalue weighted by molar-refractivity contribution is 9.10. The molecule has 0 atom stereocenters. The Bertz CT molecular complexity index is 1010. The summed E-state index contributed by atoms with van der Waals surface area (Å²) in [5, 5.41) is 18.1. The lowest BCUT2D eigenvalue weighted by Gasteiger charge is -2.34. The minimum atomic E-state index is 0.335. The van der Waals surface area contributed by atoms with Crippen LogP contribution in [0.15, 0.2) is 53.1 Å². The number of anilines is 2. The van der Waals surface area contributed by atoms with Crippen molar-refractivity contribution in [2.75, 3.05) is 30.4 Å². The second kappa shape index (κ2) is 8.92. The van der Waals surface area contributed by atoms with Crippen LogP contribution < -0.4 is 20.3 Å². The van der Waals surface area contributed by atoms with E-state index in [9.17, 15) is 0 Å². The van der Waals surface area contributed by atoms with Crippen molar-refractivity contribution >= 4 is 55.5 Å². The van der Waals surface area contributed by atoms with Crippen LogP contribution in [-0.4, -0.2) is 41.6 Å². The second-order valence-corrected chi connectivity index (χ2v) is 8.31. The van der Waals surface area contributed by atoms with Crippen LogP contribution in [0.25, 0.3) is 10.8 Å². The van der Waals surface area contributed by atoms with Gasteiger partial charge in [0.25, 0.3) is 0 Å². The molecule has 6 nitrogen and oxygen atoms in total. The van der Waals surface area contributed by atoms with E-state index in [1.807, 2.05) is 30.3 Å². The third-order valence-corrected chi connectivity index (χ3v) is 5.79. The summed E-state index contributed by atoms with van der Waals surface area (Å²) >= 11 is 9.00. The molecule has 1 saturated heterocycles. The van der Waals surface area contributed by atoms with Gasteiger partial charge in [0.1, 0.15) is 5.75 Å². The Balaban J connectivity index is 1.34. The van der Waals surface area contributed by atoms with Crippen molar-refractivity contribution in [2.24, 2.45) is 0 Å². The van der Waals surface area contributed by atoms with Gasteiger partial charge in [-0.05, 0) is 67.5 Å². The number of aromatic nitrogens is 2. The second-order valence-electron chi connectivity index (χ2n) is 6.99. The topological polar surface area (TPSA) is 62.3 Å². The standard InChI is InChI=1S/C21H22BrN5OS/c1-28-18-5-3-16(4-6-18)24-21(29)25-17-8-10-27(11-9-17)20-19-7-2-15(22)12-14(19)13-23-26-20/h2-7,12-13,17H,8-11H2,1H3,(H2,24,25,29). The largest absolute Gasteiger partial charge is 0.497 e. The first kappa shape index (κ1) is 19.8. The molecule has 0 unspecified atom stereocenters. The summed E-state index contributed by atoms with van der Waals surface area (Å²) in [6.45, 7) is 1.82. The van der Waals surface area contributed by atoms with Gasteiger partial charge < -0.3 is 20.3 Å². The molecule has 0 spiro atoms. The third kappa shape index (κ3) is 4.76. The number of benzene rings is 2. The molecule has 0 bridgehead atoms. The van der Waals surface area contributed by atoms with Gasteiger partial charge in [0.05, 0.1) is 13.3 Å². The fourth-order valence-electron chi connectivity index (χ4n) is 3.54. The Morgan fingerprint density at radius 1 is 1.17 bits per heavy atom. The van der Waals surface area contributed by atoms with E-state index < -0.39 is 0 Å². The molecule has 0 saturated carbocycles. The highest BCUT2D eigenvalue weighted by Gasteiger charge is 2.22. The maximum absolute atomic E-state index is 5.48. The first-order chi connectivity index (χ1) is 14.1. The summed E-state index contributed by atoms with van der Waals surface area (Å²) in [7, 11) is 1.66. The first-order valence-corrected chi connectivity index (χ1v) is 10.7. The molecule has 2 heterocycles. The van der Waals surface area contributed by atoms with E-state index in [0.717, 1.165) is 58.4 Å². The zero-order chi connectivity index (χ0) is 20.2. The van der Waals surface area contributed by atoms with Gasteiger partial charge in [-0.25, -0.2) is 0 Å². The van der Waals surface area contributed by atoms with Crippen LogP contribution in [0, 0.1) is 0 Å². The van der Waals surface area contributed by atoms with E-state index in [4.69, 9.17) is 17.0 Å². The maximum atomic E-state index is 5.48. The predicted molar refractivity (Wildman–Crippen MR) is 125 cm³/mol. The molecule has 1 aliphatic heterocycles. The van der Waals surface area contributed by atoms with Crippen molar-refractivity contribution in [3.63, 3.8) is 0 Å². The van der Waals surface area contributed by atoms with Gasteiger partial charge in [0.15, 0.2) is 10.9 Å². The van der Waals surface area contributed by atoms with Crippen molar-refractivity contribution in [1.82, 2.24) is 15.5 Å². The molecule has 0 radical (unpaired) electrons. The molecular weight excluding hydrogens is 450 g/mol. The minimum absolute atomic E-state index is 0.335. The van der Waals surface area contributed by atoms with Gasteiger partial charge in [-0.15, -0.1) is 5.10 Å². The number of methoxy groups -OCH3 is 1. The zero-order valence-corrected chi connectivity index (χ0v) is 18.5. The lowest BCUT2D eigenvalue weighted by atomic mass is 10.0. The van der Waals surface area contributed by atoms with Gasteiger partial charge in [-0.2, -0.15) is 5.10 Å². The lowest BCUT2D eigenvalue weighted by molar-refractivity contribution is 0.415. The lowest BCUT2D eigenvalue weighted by Crippen LogP contribution is -2.46. The zero-order valence-electron chi connectivity index (χ0n) is 16.1. The summed E-state index contributed by atoms with van der Waals surface area (Å²) in [5.74, 6) is 1.78. The number of hydrogen-bond donors (Lipinski definition) is 2. The molecule has 0 aliphatic carbocycles. The maximum Gasteiger partial charge on any atom is 0.170 e. The summed E-state index contributed by atoms with van der Waals surface area (Å²) in [4.78, 5) is 2.31. The molecular formula is C21H22BrN5OS. The van der Waals surface area contributed by atoms with Crippen LogP contribution in [0.5, 0.6) is 5.75 Å². The van der Waals surface area contributed by atoms with E-state index in [1.165, 1.54) is 0 Å². The molecule has 2 N–H and O–H groups in total. The Hall–Kier alpha value is -2.45. The Kier molecular flexibility index (Phi) is 6.10. The molecule has 2 aromatic carbocycles. The van der Waals surface area contributed by atoms with Gasteiger partial charge >= 0.3 is 0 Å². The monoisotopic (exact) mass is 471 g/mol. The quantitative estimate of drug-likeness (QED) is 0.548. The number of hydrogen-bond acceptors (Lipinski definition) is 5. The van der Waals surface area contributed by atoms with Gasteiger partial charge in [0, 0.05) is 40.1 Å². The minimum Gasteiger partial charge on any atom is -0.497 e. The van der Waals surface area contributed by atoms with E-state index >= 15 is 0 Å². The van der Waals surface area contributed by atoms with Crippen molar-refractivity contribution in [3.8, 4) is 5.75 Å². The number of halogens is 1. The molecule has 3 aromatic rings. The molecule has 150 valence electrons. The van der Waals surface area contributed by atoms with Gasteiger partial charge in [-0.3, -0.25) is 0 Å². The number of fused-ring (bicyclic) bond motifs is 1. The smallest absolute Gasteiger partial charge is 0.170 e. The highest BCUT2D eigenvalue weighted by Crippen LogP contribution is 2.28. The van der Waals surface area contributed by atoms with Gasteiger partial charge in [-0.1, -0.05) is 15.9 Å². The van der Waals surface area contributed by atoms with Crippen LogP contribution in [0.1, 0.15) is 12.8 Å². The summed E-state index contributed by atoms with van der Waals surface area (Å²) in [6.07, 6.45) is 3.78. The molecule has 1 fully saturated rings. The average molecular weight is 472 g/mol. The molecule has 29 heavy (non-hydrogen) atoms. The number of piperidine rings is 1. The van der Waals surface area contributed by atoms with Crippen molar-refractivity contribution in [3.05, 3.63) is 53.1 Å². The number of nitrogens with zero attached hydrogens (tertiary/aromatic N) is 3. The average Bonchev–Trinajstić information content (AvgIpc) is 2.74. The van der Waals surface area contributed by atoms with Crippen LogP contribution >= 0.6 is 28.1 Å². The van der Waals surface area contributed by atoms with E-state index in [-0.39, 0.29) is 0 Å². The summed E-state index contributed by atoms with van der Waals surface area (Å²) < 4.78 is 6.23. The number of ether oxygens (including phenoxy) is 1. The highest BCUT2D eigenvalue weighted by atomic mass is 79.9. The summed E-state index contributed by atoms with van der Waals surface area (Å²) in [5.41, 5.74) is 0.943. The number of rotatable bonds is 4. The van der Waals surface area contributed by atoms with Crippen molar-refractivity contribution in [1.29, 1.82) is 0 Å². The predicted octanol–water partition coefficient (Wildman–Crippen LogP) is 4.36. The van der Waals surface area contributed by atoms with E-state index in [1.54, 1.807) is 13.3 Å². The van der Waals surface area contributed by atoms with Crippen molar-refractivity contribution in [2.45, 2.75) is 18.9 Å². The number of nitrogens with one attached hydrogen (secondary N) is 2. The molecule has 0 amide bonds. The van der Waals surface area contributed by atoms with E-state index in [0.29, 0.717) is 11.2 Å². The van der Waals surface area contributed by atoms with Crippen LogP contribution in [0.2, 0.25) is 0 Å². The Labute approximate surface area is 183 Å². The Morgan fingerprint density at radius 2 is 1.93 bits per heavy atom. The number of thiocarbonyl (C=S) groups is 1. The van der Waals surface area contributed by atoms with E-state index in [2.05, 4.69) is 53.8 Å². The van der Waals surface area contributed by atoms with Gasteiger partial charge in [0.2, 0.25) is 0 Å². The first-order valence-electron chi connectivity index (χ1n) is 9.50.